The van der Waals surface area contributed by atoms with Crippen molar-refractivity contribution in [1.82, 2.24) is 4.90 Å². The molecule has 0 aliphatic carbocycles. The lowest BCUT2D eigenvalue weighted by molar-refractivity contribution is 0.107. The van der Waals surface area contributed by atoms with Crippen LogP contribution in [0.15, 0.2) is 28.7 Å². The van der Waals surface area contributed by atoms with Crippen molar-refractivity contribution in [2.45, 2.75) is 19.1 Å². The van der Waals surface area contributed by atoms with Gasteiger partial charge in [-0.15, -0.1) is 0 Å². The van der Waals surface area contributed by atoms with Crippen LogP contribution in [0.5, 0.6) is 0 Å². The largest absolute Gasteiger partial charge is 0.380 e. The molecular formula is C12H16BrNO. The number of rotatable bonds is 3. The number of benzene rings is 1. The van der Waals surface area contributed by atoms with E-state index in [0.717, 1.165) is 30.5 Å². The highest BCUT2D eigenvalue weighted by atomic mass is 79.9. The van der Waals surface area contributed by atoms with Crippen molar-refractivity contribution in [2.75, 3.05) is 20.2 Å². The molecule has 82 valence electrons. The van der Waals surface area contributed by atoms with Crippen LogP contribution in [-0.4, -0.2) is 31.2 Å². The van der Waals surface area contributed by atoms with Crippen molar-refractivity contribution in [3.05, 3.63) is 34.3 Å². The molecule has 1 atom stereocenters. The van der Waals surface area contributed by atoms with E-state index in [1.54, 1.807) is 7.11 Å². The molecule has 15 heavy (non-hydrogen) atoms. The van der Waals surface area contributed by atoms with Gasteiger partial charge in [-0.05, 0) is 24.1 Å². The molecule has 0 aromatic heterocycles. The van der Waals surface area contributed by atoms with E-state index in [0.29, 0.717) is 6.10 Å². The maximum atomic E-state index is 5.35. The summed E-state index contributed by atoms with van der Waals surface area (Å²) in [6.07, 6.45) is 1.59. The Hall–Kier alpha value is -0.380. The third kappa shape index (κ3) is 3.03. The monoisotopic (exact) mass is 269 g/mol. The number of ether oxygens (including phenoxy) is 1. The van der Waals surface area contributed by atoms with Crippen molar-refractivity contribution in [3.8, 4) is 0 Å². The van der Waals surface area contributed by atoms with E-state index in [1.165, 1.54) is 5.56 Å². The van der Waals surface area contributed by atoms with E-state index in [4.69, 9.17) is 4.74 Å². The van der Waals surface area contributed by atoms with Crippen LogP contribution in [0.2, 0.25) is 0 Å². The molecule has 1 aromatic rings. The molecule has 0 bridgehead atoms. The Bertz CT molecular complexity index is 312. The van der Waals surface area contributed by atoms with Gasteiger partial charge in [-0.3, -0.25) is 4.90 Å². The van der Waals surface area contributed by atoms with Crippen molar-refractivity contribution < 1.29 is 4.74 Å². The topological polar surface area (TPSA) is 12.5 Å². The second-order valence-corrected chi connectivity index (χ2v) is 4.92. The second-order valence-electron chi connectivity index (χ2n) is 4.01. The van der Waals surface area contributed by atoms with E-state index < -0.39 is 0 Å². The lowest BCUT2D eigenvalue weighted by atomic mass is 10.2. The van der Waals surface area contributed by atoms with Crippen LogP contribution in [0.4, 0.5) is 0 Å². The summed E-state index contributed by atoms with van der Waals surface area (Å²) >= 11 is 3.45. The zero-order valence-electron chi connectivity index (χ0n) is 8.95. The summed E-state index contributed by atoms with van der Waals surface area (Å²) in [6.45, 7) is 3.24. The van der Waals surface area contributed by atoms with Gasteiger partial charge >= 0.3 is 0 Å². The van der Waals surface area contributed by atoms with Crippen LogP contribution in [0.25, 0.3) is 0 Å². The first-order valence-corrected chi connectivity index (χ1v) is 6.07. The zero-order valence-corrected chi connectivity index (χ0v) is 10.5. The summed E-state index contributed by atoms with van der Waals surface area (Å²) in [4.78, 5) is 2.44. The minimum Gasteiger partial charge on any atom is -0.380 e. The zero-order chi connectivity index (χ0) is 10.7. The Morgan fingerprint density at radius 1 is 1.40 bits per heavy atom. The molecule has 0 saturated carbocycles. The summed E-state index contributed by atoms with van der Waals surface area (Å²) in [6, 6.07) is 8.53. The maximum Gasteiger partial charge on any atom is 0.0710 e. The Labute approximate surface area is 99.4 Å². The fraction of sp³-hybridized carbons (Fsp3) is 0.500. The molecule has 2 nitrogen and oxygen atoms in total. The molecular weight excluding hydrogens is 254 g/mol. The number of likely N-dealkylation sites (tertiary alicyclic amines) is 1. The van der Waals surface area contributed by atoms with Gasteiger partial charge in [0.25, 0.3) is 0 Å². The summed E-state index contributed by atoms with van der Waals surface area (Å²) in [7, 11) is 1.80. The third-order valence-corrected chi connectivity index (χ3v) is 3.41. The molecule has 0 amide bonds. The summed E-state index contributed by atoms with van der Waals surface area (Å²) in [5, 5.41) is 0. The Kier molecular flexibility index (Phi) is 3.78. The highest BCUT2D eigenvalue weighted by molar-refractivity contribution is 9.10. The van der Waals surface area contributed by atoms with Gasteiger partial charge in [0.15, 0.2) is 0 Å². The summed E-state index contributed by atoms with van der Waals surface area (Å²) in [5.74, 6) is 0. The van der Waals surface area contributed by atoms with Crippen molar-refractivity contribution in [3.63, 3.8) is 0 Å². The maximum absolute atomic E-state index is 5.35. The summed E-state index contributed by atoms with van der Waals surface area (Å²) < 4.78 is 6.49. The number of hydrogen-bond acceptors (Lipinski definition) is 2. The van der Waals surface area contributed by atoms with Crippen molar-refractivity contribution in [2.24, 2.45) is 0 Å². The molecule has 2 rings (SSSR count). The average Bonchev–Trinajstić information content (AvgIpc) is 2.69. The molecule has 0 N–H and O–H groups in total. The molecule has 1 aliphatic rings. The van der Waals surface area contributed by atoms with Gasteiger partial charge in [-0.2, -0.15) is 0 Å². The third-order valence-electron chi connectivity index (χ3n) is 2.88. The Morgan fingerprint density at radius 3 is 2.73 bits per heavy atom. The van der Waals surface area contributed by atoms with Gasteiger partial charge in [0, 0.05) is 31.2 Å². The minimum absolute atomic E-state index is 0.431. The number of hydrogen-bond donors (Lipinski definition) is 0. The smallest absolute Gasteiger partial charge is 0.0710 e. The van der Waals surface area contributed by atoms with Gasteiger partial charge in [0.05, 0.1) is 6.10 Å². The van der Waals surface area contributed by atoms with E-state index >= 15 is 0 Å². The Balaban J connectivity index is 1.90. The van der Waals surface area contributed by atoms with Crippen LogP contribution in [0.3, 0.4) is 0 Å². The molecule has 1 saturated heterocycles. The molecule has 1 aliphatic heterocycles. The quantitative estimate of drug-likeness (QED) is 0.837. The molecule has 0 spiro atoms. The number of methoxy groups -OCH3 is 1. The van der Waals surface area contributed by atoms with Crippen molar-refractivity contribution >= 4 is 15.9 Å². The SMILES string of the molecule is CO[C@H]1CCN(Cc2ccc(Br)cc2)C1. The predicted octanol–water partition coefficient (Wildman–Crippen LogP) is 2.67. The van der Waals surface area contributed by atoms with Gasteiger partial charge in [-0.1, -0.05) is 28.1 Å². The van der Waals surface area contributed by atoms with Crippen LogP contribution >= 0.6 is 15.9 Å². The van der Waals surface area contributed by atoms with Crippen LogP contribution in [0, 0.1) is 0 Å². The average molecular weight is 270 g/mol. The second kappa shape index (κ2) is 5.10. The van der Waals surface area contributed by atoms with Gasteiger partial charge in [0.1, 0.15) is 0 Å². The highest BCUT2D eigenvalue weighted by Gasteiger charge is 2.21. The molecule has 3 heteroatoms. The van der Waals surface area contributed by atoms with E-state index in [1.807, 2.05) is 0 Å². The normalized spacial score (nSPS) is 22.1. The first-order chi connectivity index (χ1) is 7.28. The number of nitrogens with zero attached hydrogens (tertiary/aromatic N) is 1. The van der Waals surface area contributed by atoms with Gasteiger partial charge in [0.2, 0.25) is 0 Å². The fourth-order valence-corrected chi connectivity index (χ4v) is 2.25. The standard InChI is InChI=1S/C12H16BrNO/c1-15-12-6-7-14(9-12)8-10-2-4-11(13)5-3-10/h2-5,12H,6-9H2,1H3/t12-/m0/s1. The van der Waals surface area contributed by atoms with Crippen LogP contribution < -0.4 is 0 Å². The van der Waals surface area contributed by atoms with E-state index in [2.05, 4.69) is 45.1 Å². The van der Waals surface area contributed by atoms with Gasteiger partial charge in [-0.25, -0.2) is 0 Å². The first kappa shape index (κ1) is 11.1. The van der Waals surface area contributed by atoms with E-state index in [-0.39, 0.29) is 0 Å². The van der Waals surface area contributed by atoms with E-state index in [9.17, 15) is 0 Å². The fourth-order valence-electron chi connectivity index (χ4n) is 1.98. The molecule has 1 aromatic carbocycles. The molecule has 1 heterocycles. The predicted molar refractivity (Wildman–Crippen MR) is 64.8 cm³/mol. The Morgan fingerprint density at radius 2 is 2.13 bits per heavy atom. The molecule has 0 radical (unpaired) electrons. The summed E-state index contributed by atoms with van der Waals surface area (Å²) in [5.41, 5.74) is 1.37. The lowest BCUT2D eigenvalue weighted by Gasteiger charge is -2.15. The molecule has 1 fully saturated rings. The first-order valence-electron chi connectivity index (χ1n) is 5.27. The van der Waals surface area contributed by atoms with Crippen molar-refractivity contribution in [1.29, 1.82) is 0 Å². The molecule has 0 unspecified atom stereocenters. The van der Waals surface area contributed by atoms with Crippen LogP contribution in [0.1, 0.15) is 12.0 Å². The lowest BCUT2D eigenvalue weighted by Crippen LogP contribution is -2.22. The highest BCUT2D eigenvalue weighted by Crippen LogP contribution is 2.17. The van der Waals surface area contributed by atoms with Gasteiger partial charge < -0.3 is 4.74 Å². The van der Waals surface area contributed by atoms with Crippen LogP contribution in [-0.2, 0) is 11.3 Å². The number of halogens is 1. The minimum atomic E-state index is 0.431.